The van der Waals surface area contributed by atoms with Crippen LogP contribution in [-0.4, -0.2) is 25.0 Å². The molecule has 3 rings (SSSR count). The van der Waals surface area contributed by atoms with E-state index in [9.17, 15) is 9.90 Å². The van der Waals surface area contributed by atoms with Crippen molar-refractivity contribution in [3.63, 3.8) is 0 Å². The van der Waals surface area contributed by atoms with Crippen LogP contribution in [0.2, 0.25) is 5.02 Å². The monoisotopic (exact) mass is 277 g/mol. The first-order valence-corrected chi connectivity index (χ1v) is 6.16. The molecule has 6 heteroatoms. The van der Waals surface area contributed by atoms with Crippen molar-refractivity contribution in [3.05, 3.63) is 34.1 Å². The highest BCUT2D eigenvalue weighted by molar-refractivity contribution is 6.35. The van der Waals surface area contributed by atoms with Crippen LogP contribution in [0.3, 0.4) is 0 Å². The number of carboxylic acids is 1. The van der Waals surface area contributed by atoms with Crippen LogP contribution in [0.5, 0.6) is 0 Å². The van der Waals surface area contributed by atoms with Crippen molar-refractivity contribution >= 4 is 34.4 Å². The Morgan fingerprint density at radius 2 is 2.05 bits per heavy atom. The van der Waals surface area contributed by atoms with E-state index in [1.54, 1.807) is 22.9 Å². The molecule has 0 fully saturated rings. The van der Waals surface area contributed by atoms with Gasteiger partial charge in [-0.15, -0.1) is 0 Å². The third-order valence-electron chi connectivity index (χ3n) is 3.41. The third-order valence-corrected chi connectivity index (χ3v) is 3.70. The standard InChI is InChI=1S/C13H12ClN3O2/c1-6-4-8(14)10-9(5-6)17-11(12(18)19)7(2)16(3)13(17)15-10/h4-5H,1-3H3,(H,18,19). The maximum Gasteiger partial charge on any atom is 0.354 e. The molecule has 0 aliphatic rings. The van der Waals surface area contributed by atoms with Crippen molar-refractivity contribution in [1.29, 1.82) is 0 Å². The molecule has 1 N–H and O–H groups in total. The van der Waals surface area contributed by atoms with E-state index in [0.29, 0.717) is 22.0 Å². The number of rotatable bonds is 1. The van der Waals surface area contributed by atoms with Gasteiger partial charge < -0.3 is 9.67 Å². The van der Waals surface area contributed by atoms with Crippen LogP contribution in [-0.2, 0) is 7.05 Å². The number of aromatic nitrogens is 3. The predicted molar refractivity (Wildman–Crippen MR) is 73.1 cm³/mol. The first-order chi connectivity index (χ1) is 8.91. The quantitative estimate of drug-likeness (QED) is 0.744. The lowest BCUT2D eigenvalue weighted by Crippen LogP contribution is -2.03. The van der Waals surface area contributed by atoms with Crippen molar-refractivity contribution in [2.24, 2.45) is 7.05 Å². The summed E-state index contributed by atoms with van der Waals surface area (Å²) < 4.78 is 3.40. The topological polar surface area (TPSA) is 59.5 Å². The first-order valence-electron chi connectivity index (χ1n) is 5.78. The lowest BCUT2D eigenvalue weighted by molar-refractivity contribution is 0.0688. The molecule has 0 unspecified atom stereocenters. The van der Waals surface area contributed by atoms with Gasteiger partial charge in [0.05, 0.1) is 10.5 Å². The molecule has 1 aromatic carbocycles. The van der Waals surface area contributed by atoms with E-state index in [-0.39, 0.29) is 5.69 Å². The van der Waals surface area contributed by atoms with Gasteiger partial charge in [0.25, 0.3) is 0 Å². The number of benzene rings is 1. The lowest BCUT2D eigenvalue weighted by atomic mass is 10.2. The van der Waals surface area contributed by atoms with Gasteiger partial charge in [0.2, 0.25) is 5.78 Å². The van der Waals surface area contributed by atoms with Crippen LogP contribution >= 0.6 is 11.6 Å². The van der Waals surface area contributed by atoms with Gasteiger partial charge in [-0.2, -0.15) is 0 Å². The van der Waals surface area contributed by atoms with Crippen LogP contribution in [0.25, 0.3) is 16.8 Å². The molecule has 5 nitrogen and oxygen atoms in total. The molecule has 2 aromatic heterocycles. The Morgan fingerprint density at radius 3 is 2.68 bits per heavy atom. The second kappa shape index (κ2) is 3.74. The average molecular weight is 278 g/mol. The van der Waals surface area contributed by atoms with Gasteiger partial charge in [0.15, 0.2) is 5.69 Å². The molecule has 98 valence electrons. The number of aromatic carboxylic acids is 1. The molecule has 3 aromatic rings. The fourth-order valence-corrected chi connectivity index (χ4v) is 2.73. The number of hydrogen-bond donors (Lipinski definition) is 1. The highest BCUT2D eigenvalue weighted by atomic mass is 35.5. The Labute approximate surface area is 114 Å². The summed E-state index contributed by atoms with van der Waals surface area (Å²) in [6, 6.07) is 3.72. The van der Waals surface area contributed by atoms with Gasteiger partial charge in [-0.1, -0.05) is 11.6 Å². The molecule has 0 spiro atoms. The highest BCUT2D eigenvalue weighted by Gasteiger charge is 2.22. The molecule has 0 atom stereocenters. The molecule has 0 aliphatic heterocycles. The summed E-state index contributed by atoms with van der Waals surface area (Å²) >= 11 is 6.18. The van der Waals surface area contributed by atoms with Crippen LogP contribution in [0.1, 0.15) is 21.7 Å². The summed E-state index contributed by atoms with van der Waals surface area (Å²) in [4.78, 5) is 15.9. The molecule has 0 amide bonds. The van der Waals surface area contributed by atoms with E-state index in [1.165, 1.54) is 0 Å². The molecule has 0 bridgehead atoms. The summed E-state index contributed by atoms with van der Waals surface area (Å²) in [6.07, 6.45) is 0. The van der Waals surface area contributed by atoms with Crippen LogP contribution in [0.4, 0.5) is 0 Å². The highest BCUT2D eigenvalue weighted by Crippen LogP contribution is 2.28. The van der Waals surface area contributed by atoms with Crippen LogP contribution in [0.15, 0.2) is 12.1 Å². The van der Waals surface area contributed by atoms with Crippen molar-refractivity contribution in [2.45, 2.75) is 13.8 Å². The SMILES string of the molecule is Cc1cc(Cl)c2nc3n(C)c(C)c(C(=O)O)n3c2c1. The van der Waals surface area contributed by atoms with Crippen molar-refractivity contribution in [3.8, 4) is 0 Å². The number of nitrogens with zero attached hydrogens (tertiary/aromatic N) is 3. The minimum absolute atomic E-state index is 0.224. The molecule has 0 radical (unpaired) electrons. The molecule has 2 heterocycles. The van der Waals surface area contributed by atoms with Gasteiger partial charge in [-0.3, -0.25) is 4.40 Å². The van der Waals surface area contributed by atoms with E-state index in [4.69, 9.17) is 11.6 Å². The zero-order valence-corrected chi connectivity index (χ0v) is 11.5. The van der Waals surface area contributed by atoms with E-state index in [2.05, 4.69) is 4.98 Å². The van der Waals surface area contributed by atoms with Crippen molar-refractivity contribution in [1.82, 2.24) is 14.0 Å². The Bertz CT molecular complexity index is 845. The summed E-state index contributed by atoms with van der Waals surface area (Å²) in [5, 5.41) is 9.93. The minimum Gasteiger partial charge on any atom is -0.477 e. The molecule has 0 aliphatic carbocycles. The summed E-state index contributed by atoms with van der Waals surface area (Å²) in [5.41, 5.74) is 3.20. The average Bonchev–Trinajstić information content (AvgIpc) is 2.78. The van der Waals surface area contributed by atoms with E-state index in [1.807, 2.05) is 19.1 Å². The van der Waals surface area contributed by atoms with Gasteiger partial charge in [-0.25, -0.2) is 9.78 Å². The lowest BCUT2D eigenvalue weighted by Gasteiger charge is -2.00. The number of fused-ring (bicyclic) bond motifs is 3. The van der Waals surface area contributed by atoms with Crippen molar-refractivity contribution < 1.29 is 9.90 Å². The second-order valence-electron chi connectivity index (χ2n) is 4.66. The number of carboxylic acid groups (broad SMARTS) is 1. The predicted octanol–water partition coefficient (Wildman–Crippen LogP) is 2.79. The maximum atomic E-state index is 11.5. The van der Waals surface area contributed by atoms with E-state index >= 15 is 0 Å². The fourth-order valence-electron chi connectivity index (χ4n) is 2.42. The first kappa shape index (κ1) is 12.0. The Kier molecular flexibility index (Phi) is 2.37. The molecule has 19 heavy (non-hydrogen) atoms. The third kappa shape index (κ3) is 1.48. The normalized spacial score (nSPS) is 11.6. The van der Waals surface area contributed by atoms with Crippen LogP contribution in [0, 0.1) is 13.8 Å². The van der Waals surface area contributed by atoms with Crippen molar-refractivity contribution in [2.75, 3.05) is 0 Å². The summed E-state index contributed by atoms with van der Waals surface area (Å²) in [5.74, 6) is -0.391. The number of imidazole rings is 2. The zero-order valence-electron chi connectivity index (χ0n) is 10.7. The summed E-state index contributed by atoms with van der Waals surface area (Å²) in [6.45, 7) is 3.68. The molecular formula is C13H12ClN3O2. The fraction of sp³-hybridized carbons (Fsp3) is 0.231. The van der Waals surface area contributed by atoms with E-state index < -0.39 is 5.97 Å². The molecular weight excluding hydrogens is 266 g/mol. The zero-order chi connectivity index (χ0) is 13.9. The Hall–Kier alpha value is -2.01. The summed E-state index contributed by atoms with van der Waals surface area (Å²) in [7, 11) is 1.80. The maximum absolute atomic E-state index is 11.5. The molecule has 0 saturated heterocycles. The Balaban J connectivity index is 2.63. The van der Waals surface area contributed by atoms with E-state index in [0.717, 1.165) is 11.1 Å². The van der Waals surface area contributed by atoms with Gasteiger partial charge >= 0.3 is 5.97 Å². The smallest absolute Gasteiger partial charge is 0.354 e. The number of halogens is 1. The Morgan fingerprint density at radius 1 is 1.37 bits per heavy atom. The largest absolute Gasteiger partial charge is 0.477 e. The van der Waals surface area contributed by atoms with Gasteiger partial charge in [0, 0.05) is 12.7 Å². The second-order valence-corrected chi connectivity index (χ2v) is 5.07. The molecule has 0 saturated carbocycles. The van der Waals surface area contributed by atoms with Gasteiger partial charge in [-0.05, 0) is 31.5 Å². The number of carbonyl (C=O) groups is 1. The number of hydrogen-bond acceptors (Lipinski definition) is 2. The van der Waals surface area contributed by atoms with Crippen LogP contribution < -0.4 is 0 Å². The number of aryl methyl sites for hydroxylation is 2. The minimum atomic E-state index is -0.972. The van der Waals surface area contributed by atoms with Gasteiger partial charge in [0.1, 0.15) is 5.52 Å².